The van der Waals surface area contributed by atoms with Crippen LogP contribution < -0.4 is 10.6 Å². The first-order chi connectivity index (χ1) is 6.87. The number of ether oxygens (including phenoxy) is 1. The predicted molar refractivity (Wildman–Crippen MR) is 58.6 cm³/mol. The number of methoxy groups -OCH3 is 1. The molecular weight excluding hydrogens is 196 g/mol. The lowest BCUT2D eigenvalue weighted by Crippen LogP contribution is -2.47. The Bertz CT molecular complexity index is 190. The highest BCUT2D eigenvalue weighted by molar-refractivity contribution is 5.81. The van der Waals surface area contributed by atoms with E-state index in [-0.39, 0.29) is 11.9 Å². The number of rotatable bonds is 7. The molecule has 0 fully saturated rings. The second kappa shape index (κ2) is 6.76. The molecule has 1 unspecified atom stereocenters. The number of hydrogen-bond acceptors (Lipinski definition) is 4. The second-order valence-corrected chi connectivity index (χ2v) is 4.20. The SMILES string of the molecule is COCCNC(=O)C(C)NCC(C)(C)O. The molecule has 15 heavy (non-hydrogen) atoms. The van der Waals surface area contributed by atoms with Crippen molar-refractivity contribution in [2.45, 2.75) is 32.4 Å². The first-order valence-electron chi connectivity index (χ1n) is 5.09. The number of carbonyl (C=O) groups excluding carboxylic acids is 1. The minimum Gasteiger partial charge on any atom is -0.389 e. The summed E-state index contributed by atoms with van der Waals surface area (Å²) < 4.78 is 4.81. The van der Waals surface area contributed by atoms with Crippen molar-refractivity contribution in [3.63, 3.8) is 0 Å². The standard InChI is InChI=1S/C10H22N2O3/c1-8(12-7-10(2,3)14)9(13)11-5-6-15-4/h8,12,14H,5-7H2,1-4H3,(H,11,13). The van der Waals surface area contributed by atoms with Crippen LogP contribution in [0.25, 0.3) is 0 Å². The van der Waals surface area contributed by atoms with E-state index in [1.54, 1.807) is 27.9 Å². The van der Waals surface area contributed by atoms with Crippen LogP contribution in [0.15, 0.2) is 0 Å². The van der Waals surface area contributed by atoms with Gasteiger partial charge in [-0.25, -0.2) is 0 Å². The number of hydrogen-bond donors (Lipinski definition) is 3. The fraction of sp³-hybridized carbons (Fsp3) is 0.900. The molecule has 0 spiro atoms. The maximum atomic E-state index is 11.4. The van der Waals surface area contributed by atoms with Crippen LogP contribution in [0.4, 0.5) is 0 Å². The van der Waals surface area contributed by atoms with Crippen LogP contribution in [0.5, 0.6) is 0 Å². The van der Waals surface area contributed by atoms with Gasteiger partial charge in [0.05, 0.1) is 18.2 Å². The third kappa shape index (κ3) is 8.35. The summed E-state index contributed by atoms with van der Waals surface area (Å²) >= 11 is 0. The van der Waals surface area contributed by atoms with Gasteiger partial charge in [-0.3, -0.25) is 4.79 Å². The van der Waals surface area contributed by atoms with Crippen molar-refractivity contribution in [3.8, 4) is 0 Å². The molecule has 0 heterocycles. The lowest BCUT2D eigenvalue weighted by atomic mass is 10.1. The van der Waals surface area contributed by atoms with Crippen LogP contribution in [0.1, 0.15) is 20.8 Å². The smallest absolute Gasteiger partial charge is 0.236 e. The fourth-order valence-electron chi connectivity index (χ4n) is 0.925. The van der Waals surface area contributed by atoms with Crippen LogP contribution in [-0.4, -0.2) is 49.5 Å². The van der Waals surface area contributed by atoms with Crippen LogP contribution in [-0.2, 0) is 9.53 Å². The summed E-state index contributed by atoms with van der Waals surface area (Å²) in [4.78, 5) is 11.4. The Morgan fingerprint density at radius 2 is 2.13 bits per heavy atom. The van der Waals surface area contributed by atoms with E-state index in [2.05, 4.69) is 10.6 Å². The van der Waals surface area contributed by atoms with Gasteiger partial charge in [0, 0.05) is 20.2 Å². The lowest BCUT2D eigenvalue weighted by Gasteiger charge is -2.21. The molecule has 90 valence electrons. The summed E-state index contributed by atoms with van der Waals surface area (Å²) in [5, 5.41) is 15.1. The molecule has 0 radical (unpaired) electrons. The third-order valence-corrected chi connectivity index (χ3v) is 1.84. The van der Waals surface area contributed by atoms with Crippen molar-refractivity contribution in [2.75, 3.05) is 26.8 Å². The van der Waals surface area contributed by atoms with Crippen LogP contribution >= 0.6 is 0 Å². The third-order valence-electron chi connectivity index (χ3n) is 1.84. The molecule has 1 amide bonds. The van der Waals surface area contributed by atoms with Crippen molar-refractivity contribution in [1.82, 2.24) is 10.6 Å². The summed E-state index contributed by atoms with van der Waals surface area (Å²) in [5.41, 5.74) is -0.804. The zero-order valence-corrected chi connectivity index (χ0v) is 9.96. The maximum absolute atomic E-state index is 11.4. The summed E-state index contributed by atoms with van der Waals surface area (Å²) in [5.74, 6) is -0.0868. The molecule has 3 N–H and O–H groups in total. The number of nitrogens with one attached hydrogen (secondary N) is 2. The van der Waals surface area contributed by atoms with Crippen LogP contribution in [0.2, 0.25) is 0 Å². The van der Waals surface area contributed by atoms with Gasteiger partial charge in [-0.15, -0.1) is 0 Å². The lowest BCUT2D eigenvalue weighted by molar-refractivity contribution is -0.123. The Hall–Kier alpha value is -0.650. The molecule has 0 rings (SSSR count). The van der Waals surface area contributed by atoms with E-state index in [9.17, 15) is 9.90 Å². The normalized spacial score (nSPS) is 13.7. The molecule has 5 nitrogen and oxygen atoms in total. The van der Waals surface area contributed by atoms with E-state index in [0.717, 1.165) is 0 Å². The van der Waals surface area contributed by atoms with Gasteiger partial charge in [0.2, 0.25) is 5.91 Å². The molecule has 1 atom stereocenters. The van der Waals surface area contributed by atoms with E-state index in [4.69, 9.17) is 4.74 Å². The van der Waals surface area contributed by atoms with E-state index in [1.807, 2.05) is 0 Å². The Balaban J connectivity index is 3.70. The maximum Gasteiger partial charge on any atom is 0.236 e. The molecule has 0 aromatic rings. The molecule has 0 aliphatic carbocycles. The van der Waals surface area contributed by atoms with E-state index < -0.39 is 5.60 Å². The van der Waals surface area contributed by atoms with Gasteiger partial charge in [0.15, 0.2) is 0 Å². The minimum absolute atomic E-state index is 0.0868. The molecule has 0 aliphatic heterocycles. The quantitative estimate of drug-likeness (QED) is 0.504. The highest BCUT2D eigenvalue weighted by Crippen LogP contribution is 1.98. The van der Waals surface area contributed by atoms with Gasteiger partial charge in [-0.1, -0.05) is 0 Å². The Morgan fingerprint density at radius 3 is 2.60 bits per heavy atom. The molecule has 0 aromatic carbocycles. The first kappa shape index (κ1) is 14.3. The Kier molecular flexibility index (Phi) is 6.47. The zero-order valence-electron chi connectivity index (χ0n) is 9.96. The average molecular weight is 218 g/mol. The van der Waals surface area contributed by atoms with Crippen molar-refractivity contribution in [1.29, 1.82) is 0 Å². The molecule has 0 bridgehead atoms. The predicted octanol–water partition coefficient (Wildman–Crippen LogP) is -0.502. The monoisotopic (exact) mass is 218 g/mol. The van der Waals surface area contributed by atoms with Crippen molar-refractivity contribution >= 4 is 5.91 Å². The van der Waals surface area contributed by atoms with Gasteiger partial charge >= 0.3 is 0 Å². The van der Waals surface area contributed by atoms with Crippen molar-refractivity contribution < 1.29 is 14.6 Å². The van der Waals surface area contributed by atoms with Crippen molar-refractivity contribution in [3.05, 3.63) is 0 Å². The van der Waals surface area contributed by atoms with Crippen LogP contribution in [0.3, 0.4) is 0 Å². The molecule has 0 aromatic heterocycles. The van der Waals surface area contributed by atoms with Gasteiger partial charge in [0.25, 0.3) is 0 Å². The fourth-order valence-corrected chi connectivity index (χ4v) is 0.925. The van der Waals surface area contributed by atoms with Gasteiger partial charge in [-0.2, -0.15) is 0 Å². The molecule has 0 aliphatic rings. The molecular formula is C10H22N2O3. The molecule has 0 saturated heterocycles. The van der Waals surface area contributed by atoms with E-state index in [0.29, 0.717) is 19.7 Å². The number of carbonyl (C=O) groups is 1. The van der Waals surface area contributed by atoms with Gasteiger partial charge in [0.1, 0.15) is 0 Å². The number of amides is 1. The summed E-state index contributed by atoms with van der Waals surface area (Å²) in [6.07, 6.45) is 0. The van der Waals surface area contributed by atoms with E-state index in [1.165, 1.54) is 0 Å². The minimum atomic E-state index is -0.804. The van der Waals surface area contributed by atoms with E-state index >= 15 is 0 Å². The zero-order chi connectivity index (χ0) is 11.9. The van der Waals surface area contributed by atoms with Crippen molar-refractivity contribution in [2.24, 2.45) is 0 Å². The average Bonchev–Trinajstić information content (AvgIpc) is 2.13. The largest absolute Gasteiger partial charge is 0.389 e. The highest BCUT2D eigenvalue weighted by atomic mass is 16.5. The number of aliphatic hydroxyl groups is 1. The second-order valence-electron chi connectivity index (χ2n) is 4.20. The van der Waals surface area contributed by atoms with Crippen LogP contribution in [0, 0.1) is 0 Å². The Morgan fingerprint density at radius 1 is 1.53 bits per heavy atom. The van der Waals surface area contributed by atoms with Gasteiger partial charge in [-0.05, 0) is 20.8 Å². The summed E-state index contributed by atoms with van der Waals surface area (Å²) in [7, 11) is 1.59. The summed E-state index contributed by atoms with van der Waals surface area (Å²) in [6.45, 7) is 6.53. The Labute approximate surface area is 91.2 Å². The first-order valence-corrected chi connectivity index (χ1v) is 5.09. The summed E-state index contributed by atoms with van der Waals surface area (Å²) in [6, 6.07) is -0.312. The highest BCUT2D eigenvalue weighted by Gasteiger charge is 2.17. The molecule has 0 saturated carbocycles. The topological polar surface area (TPSA) is 70.6 Å². The van der Waals surface area contributed by atoms with Gasteiger partial charge < -0.3 is 20.5 Å². The molecule has 5 heteroatoms.